The minimum absolute atomic E-state index is 0.341. The molecule has 0 aliphatic rings. The van der Waals surface area contributed by atoms with Gasteiger partial charge >= 0.3 is 0 Å². The number of hydrogen-bond acceptors (Lipinski definition) is 3. The maximum absolute atomic E-state index is 8.68. The zero-order valence-electron chi connectivity index (χ0n) is 4.50. The van der Waals surface area contributed by atoms with Crippen LogP contribution in [0.4, 0.5) is 0 Å². The Labute approximate surface area is 51.8 Å². The number of aromatic hydroxyl groups is 3. The molecule has 3 nitrogen and oxygen atoms in total. The van der Waals surface area contributed by atoms with Crippen molar-refractivity contribution < 1.29 is 15.3 Å². The third-order valence-corrected chi connectivity index (χ3v) is 0.928. The molecule has 0 spiro atoms. The topological polar surface area (TPSA) is 60.7 Å². The standard InChI is InChI=1S/C6H5O3/c7-4-2-1-3-5(8)6(4)9/h1-2,7-9H. The summed E-state index contributed by atoms with van der Waals surface area (Å²) in [6, 6.07) is 4.83. The fourth-order valence-corrected chi connectivity index (χ4v) is 0.468. The lowest BCUT2D eigenvalue weighted by Gasteiger charge is -1.96. The van der Waals surface area contributed by atoms with E-state index in [9.17, 15) is 0 Å². The second-order valence-electron chi connectivity index (χ2n) is 1.56. The summed E-state index contributed by atoms with van der Waals surface area (Å²) in [6.45, 7) is 0. The van der Waals surface area contributed by atoms with Gasteiger partial charge in [0.05, 0.1) is 0 Å². The average Bonchev–Trinajstić information content (AvgIpc) is 1.83. The second kappa shape index (κ2) is 1.85. The van der Waals surface area contributed by atoms with Crippen molar-refractivity contribution in [1.29, 1.82) is 0 Å². The van der Waals surface area contributed by atoms with E-state index in [4.69, 9.17) is 15.3 Å². The van der Waals surface area contributed by atoms with E-state index in [0.29, 0.717) is 0 Å². The van der Waals surface area contributed by atoms with Gasteiger partial charge in [-0.1, -0.05) is 0 Å². The highest BCUT2D eigenvalue weighted by Crippen LogP contribution is 2.32. The third-order valence-electron chi connectivity index (χ3n) is 0.928. The molecule has 0 aromatic heterocycles. The minimum Gasteiger partial charge on any atom is -0.504 e. The van der Waals surface area contributed by atoms with Crippen molar-refractivity contribution >= 4 is 0 Å². The molecule has 47 valence electrons. The number of phenols is 3. The first-order valence-electron chi connectivity index (χ1n) is 2.33. The van der Waals surface area contributed by atoms with Crippen LogP contribution in [0.25, 0.3) is 0 Å². The zero-order valence-corrected chi connectivity index (χ0v) is 4.50. The lowest BCUT2D eigenvalue weighted by atomic mass is 10.3. The molecular formula is C6H5O3. The van der Waals surface area contributed by atoms with Gasteiger partial charge in [0, 0.05) is 6.07 Å². The predicted molar refractivity (Wildman–Crippen MR) is 30.3 cm³/mol. The largest absolute Gasteiger partial charge is 0.504 e. The van der Waals surface area contributed by atoms with Crippen LogP contribution in [0.2, 0.25) is 0 Å². The average molecular weight is 125 g/mol. The van der Waals surface area contributed by atoms with Gasteiger partial charge in [-0.15, -0.1) is 0 Å². The molecule has 0 amide bonds. The van der Waals surface area contributed by atoms with Crippen LogP contribution in [-0.2, 0) is 0 Å². The van der Waals surface area contributed by atoms with Crippen LogP contribution < -0.4 is 0 Å². The Morgan fingerprint density at radius 1 is 1.22 bits per heavy atom. The molecule has 0 unspecified atom stereocenters. The Balaban J connectivity index is 3.25. The third kappa shape index (κ3) is 0.887. The fourth-order valence-electron chi connectivity index (χ4n) is 0.468. The molecule has 0 bridgehead atoms. The number of hydrogen-bond donors (Lipinski definition) is 3. The quantitative estimate of drug-likeness (QED) is 0.445. The first-order valence-corrected chi connectivity index (χ1v) is 2.33. The molecule has 0 atom stereocenters. The summed E-state index contributed by atoms with van der Waals surface area (Å²) in [6.07, 6.45) is 0. The monoisotopic (exact) mass is 125 g/mol. The molecule has 0 fully saturated rings. The molecule has 1 radical (unpaired) electrons. The Morgan fingerprint density at radius 2 is 1.89 bits per heavy atom. The van der Waals surface area contributed by atoms with Crippen molar-refractivity contribution in [3.05, 3.63) is 18.2 Å². The van der Waals surface area contributed by atoms with Crippen LogP contribution in [0, 0.1) is 6.07 Å². The van der Waals surface area contributed by atoms with Crippen LogP contribution in [-0.4, -0.2) is 15.3 Å². The Hall–Kier alpha value is -1.38. The van der Waals surface area contributed by atoms with Crippen LogP contribution in [0.15, 0.2) is 12.1 Å². The van der Waals surface area contributed by atoms with Crippen LogP contribution >= 0.6 is 0 Å². The number of rotatable bonds is 0. The zero-order chi connectivity index (χ0) is 6.85. The summed E-state index contributed by atoms with van der Waals surface area (Å²) in [7, 11) is 0. The lowest BCUT2D eigenvalue weighted by molar-refractivity contribution is 0.367. The van der Waals surface area contributed by atoms with E-state index in [1.54, 1.807) is 0 Å². The van der Waals surface area contributed by atoms with Crippen LogP contribution in [0.1, 0.15) is 0 Å². The molecule has 3 heteroatoms. The molecule has 0 saturated heterocycles. The van der Waals surface area contributed by atoms with Crippen molar-refractivity contribution in [2.45, 2.75) is 0 Å². The molecule has 9 heavy (non-hydrogen) atoms. The molecule has 1 aromatic rings. The van der Waals surface area contributed by atoms with E-state index in [2.05, 4.69) is 6.07 Å². The fraction of sp³-hybridized carbons (Fsp3) is 0. The second-order valence-corrected chi connectivity index (χ2v) is 1.56. The molecule has 3 N–H and O–H groups in total. The summed E-state index contributed by atoms with van der Waals surface area (Å²) in [4.78, 5) is 0. The summed E-state index contributed by atoms with van der Waals surface area (Å²) in [5.41, 5.74) is 0. The summed E-state index contributed by atoms with van der Waals surface area (Å²) < 4.78 is 0. The van der Waals surface area contributed by atoms with E-state index in [0.717, 1.165) is 0 Å². The maximum atomic E-state index is 8.68. The molecule has 0 aliphatic heterocycles. The summed E-state index contributed by atoms with van der Waals surface area (Å²) >= 11 is 0. The predicted octanol–water partition coefficient (Wildman–Crippen LogP) is 0.604. The molecular weight excluding hydrogens is 120 g/mol. The summed E-state index contributed by atoms with van der Waals surface area (Å²) in [5, 5.41) is 26.0. The lowest BCUT2D eigenvalue weighted by Crippen LogP contribution is -1.68. The Kier molecular flexibility index (Phi) is 1.18. The molecule has 0 saturated carbocycles. The molecule has 0 heterocycles. The Morgan fingerprint density at radius 3 is 2.33 bits per heavy atom. The van der Waals surface area contributed by atoms with Crippen molar-refractivity contribution in [3.8, 4) is 17.2 Å². The SMILES string of the molecule is Oc1[c]ccc(O)c1O. The number of benzene rings is 1. The van der Waals surface area contributed by atoms with Gasteiger partial charge in [-0.2, -0.15) is 0 Å². The number of phenolic OH excluding ortho intramolecular Hbond substituents is 3. The van der Waals surface area contributed by atoms with Crippen LogP contribution in [0.5, 0.6) is 17.2 Å². The smallest absolute Gasteiger partial charge is 0.200 e. The van der Waals surface area contributed by atoms with Gasteiger partial charge in [-0.05, 0) is 12.1 Å². The highest BCUT2D eigenvalue weighted by Gasteiger charge is 2.01. The first kappa shape index (κ1) is 5.75. The van der Waals surface area contributed by atoms with Gasteiger partial charge in [-0.3, -0.25) is 0 Å². The van der Waals surface area contributed by atoms with Gasteiger partial charge in [0.1, 0.15) is 0 Å². The van der Waals surface area contributed by atoms with E-state index >= 15 is 0 Å². The molecule has 1 aromatic carbocycles. The van der Waals surface area contributed by atoms with Gasteiger partial charge in [0.25, 0.3) is 0 Å². The highest BCUT2D eigenvalue weighted by molar-refractivity contribution is 5.46. The Bertz CT molecular complexity index is 199. The van der Waals surface area contributed by atoms with E-state index in [1.807, 2.05) is 0 Å². The minimum atomic E-state index is -0.530. The van der Waals surface area contributed by atoms with Gasteiger partial charge in [0.15, 0.2) is 11.5 Å². The van der Waals surface area contributed by atoms with Gasteiger partial charge in [0.2, 0.25) is 5.75 Å². The van der Waals surface area contributed by atoms with E-state index in [1.165, 1.54) is 12.1 Å². The van der Waals surface area contributed by atoms with Gasteiger partial charge in [-0.25, -0.2) is 0 Å². The molecule has 0 aliphatic carbocycles. The first-order chi connectivity index (χ1) is 4.22. The van der Waals surface area contributed by atoms with Crippen molar-refractivity contribution in [3.63, 3.8) is 0 Å². The van der Waals surface area contributed by atoms with Crippen molar-refractivity contribution in [2.75, 3.05) is 0 Å². The van der Waals surface area contributed by atoms with E-state index in [-0.39, 0.29) is 5.75 Å². The van der Waals surface area contributed by atoms with Crippen molar-refractivity contribution in [1.82, 2.24) is 0 Å². The van der Waals surface area contributed by atoms with E-state index < -0.39 is 11.5 Å². The highest BCUT2D eigenvalue weighted by atomic mass is 16.3. The van der Waals surface area contributed by atoms with Gasteiger partial charge < -0.3 is 15.3 Å². The molecule has 1 rings (SSSR count). The van der Waals surface area contributed by atoms with Crippen molar-refractivity contribution in [2.24, 2.45) is 0 Å². The van der Waals surface area contributed by atoms with Crippen LogP contribution in [0.3, 0.4) is 0 Å². The summed E-state index contributed by atoms with van der Waals surface area (Å²) in [5.74, 6) is -1.31. The maximum Gasteiger partial charge on any atom is 0.200 e. The normalized spacial score (nSPS) is 9.33.